The maximum Gasteiger partial charge on any atom is 0.513 e. The molecule has 3 heteroatoms. The molecule has 0 saturated heterocycles. The summed E-state index contributed by atoms with van der Waals surface area (Å²) in [5.74, 6) is 0.587. The van der Waals surface area contributed by atoms with Crippen molar-refractivity contribution in [2.75, 3.05) is 6.61 Å². The molecule has 3 aromatic rings. The van der Waals surface area contributed by atoms with Crippen LogP contribution in [0.15, 0.2) is 48.5 Å². The number of benzene rings is 3. The lowest BCUT2D eigenvalue weighted by atomic mass is 10.0. The van der Waals surface area contributed by atoms with Gasteiger partial charge in [-0.1, -0.05) is 100 Å². The van der Waals surface area contributed by atoms with Gasteiger partial charge in [-0.3, -0.25) is 0 Å². The van der Waals surface area contributed by atoms with Crippen molar-refractivity contribution >= 4 is 27.7 Å². The number of aryl methyl sites for hydroxylation is 1. The molecule has 0 atom stereocenters. The molecule has 0 heterocycles. The van der Waals surface area contributed by atoms with Crippen molar-refractivity contribution in [2.24, 2.45) is 0 Å². The molecule has 160 valence electrons. The first-order chi connectivity index (χ1) is 14.7. The van der Waals surface area contributed by atoms with E-state index in [-0.39, 0.29) is 0 Å². The quantitative estimate of drug-likeness (QED) is 0.139. The van der Waals surface area contributed by atoms with E-state index in [4.69, 9.17) is 9.47 Å². The van der Waals surface area contributed by atoms with Crippen LogP contribution in [-0.4, -0.2) is 12.8 Å². The third-order valence-electron chi connectivity index (χ3n) is 5.62. The monoisotopic (exact) mass is 406 g/mol. The molecule has 0 fully saturated rings. The van der Waals surface area contributed by atoms with Gasteiger partial charge in [0.1, 0.15) is 5.75 Å². The second-order valence-electron chi connectivity index (χ2n) is 8.18. The van der Waals surface area contributed by atoms with Gasteiger partial charge in [-0.15, -0.1) is 0 Å². The highest BCUT2D eigenvalue weighted by molar-refractivity contribution is 6.06. The largest absolute Gasteiger partial charge is 0.513 e. The Kier molecular flexibility index (Phi) is 8.55. The second-order valence-corrected chi connectivity index (χ2v) is 8.18. The van der Waals surface area contributed by atoms with Gasteiger partial charge in [0.15, 0.2) is 0 Å². The number of hydrogen-bond donors (Lipinski definition) is 0. The van der Waals surface area contributed by atoms with E-state index in [2.05, 4.69) is 31.2 Å². The summed E-state index contributed by atoms with van der Waals surface area (Å²) in [6.45, 7) is 4.70. The fourth-order valence-corrected chi connectivity index (χ4v) is 3.93. The van der Waals surface area contributed by atoms with Crippen LogP contribution in [0.25, 0.3) is 21.5 Å². The van der Waals surface area contributed by atoms with Crippen LogP contribution < -0.4 is 4.74 Å². The van der Waals surface area contributed by atoms with Gasteiger partial charge >= 0.3 is 6.16 Å². The average molecular weight is 407 g/mol. The summed E-state index contributed by atoms with van der Waals surface area (Å²) < 4.78 is 11.1. The van der Waals surface area contributed by atoms with Gasteiger partial charge < -0.3 is 9.47 Å². The fraction of sp³-hybridized carbons (Fsp3) is 0.444. The van der Waals surface area contributed by atoms with Crippen molar-refractivity contribution in [3.05, 3.63) is 54.1 Å². The second kappa shape index (κ2) is 11.6. The SMILES string of the molecule is CCCCCCCCCCCOC(=O)Oc1c2ccccc2cc2ccc(C)cc12. The van der Waals surface area contributed by atoms with Gasteiger partial charge in [0, 0.05) is 10.8 Å². The lowest BCUT2D eigenvalue weighted by Gasteiger charge is -2.12. The van der Waals surface area contributed by atoms with E-state index in [9.17, 15) is 4.79 Å². The van der Waals surface area contributed by atoms with Gasteiger partial charge in [-0.2, -0.15) is 0 Å². The predicted molar refractivity (Wildman–Crippen MR) is 125 cm³/mol. The highest BCUT2D eigenvalue weighted by atomic mass is 16.7. The molecule has 0 amide bonds. The number of hydrogen-bond acceptors (Lipinski definition) is 3. The van der Waals surface area contributed by atoms with E-state index >= 15 is 0 Å². The minimum atomic E-state index is -0.617. The third-order valence-corrected chi connectivity index (χ3v) is 5.62. The summed E-state index contributed by atoms with van der Waals surface area (Å²) >= 11 is 0. The summed E-state index contributed by atoms with van der Waals surface area (Å²) in [5, 5.41) is 3.97. The Morgan fingerprint density at radius 1 is 0.767 bits per heavy atom. The van der Waals surface area contributed by atoms with E-state index in [0.29, 0.717) is 12.4 Å². The highest BCUT2D eigenvalue weighted by Crippen LogP contribution is 2.35. The average Bonchev–Trinajstić information content (AvgIpc) is 2.75. The molecule has 0 aliphatic carbocycles. The zero-order valence-electron chi connectivity index (χ0n) is 18.4. The van der Waals surface area contributed by atoms with Crippen molar-refractivity contribution in [2.45, 2.75) is 71.6 Å². The van der Waals surface area contributed by atoms with Crippen LogP contribution >= 0.6 is 0 Å². The number of carbonyl (C=O) groups is 1. The normalized spacial score (nSPS) is 11.1. The van der Waals surface area contributed by atoms with Crippen LogP contribution in [0.5, 0.6) is 5.75 Å². The van der Waals surface area contributed by atoms with E-state index in [0.717, 1.165) is 39.9 Å². The Morgan fingerprint density at radius 2 is 1.43 bits per heavy atom. The first-order valence-corrected chi connectivity index (χ1v) is 11.5. The van der Waals surface area contributed by atoms with Crippen molar-refractivity contribution in [1.29, 1.82) is 0 Å². The number of rotatable bonds is 11. The van der Waals surface area contributed by atoms with E-state index in [1.807, 2.05) is 31.2 Å². The Bertz CT molecular complexity index is 961. The van der Waals surface area contributed by atoms with Crippen molar-refractivity contribution in [3.63, 3.8) is 0 Å². The van der Waals surface area contributed by atoms with Crippen LogP contribution in [0.3, 0.4) is 0 Å². The first kappa shape index (κ1) is 22.1. The van der Waals surface area contributed by atoms with E-state index in [1.165, 1.54) is 44.9 Å². The van der Waals surface area contributed by atoms with Gasteiger partial charge in [-0.25, -0.2) is 4.79 Å². The van der Waals surface area contributed by atoms with E-state index in [1.54, 1.807) is 0 Å². The van der Waals surface area contributed by atoms with E-state index < -0.39 is 6.16 Å². The minimum absolute atomic E-state index is 0.413. The van der Waals surface area contributed by atoms with Crippen LogP contribution in [0.2, 0.25) is 0 Å². The van der Waals surface area contributed by atoms with Gasteiger partial charge in [0.05, 0.1) is 6.61 Å². The molecule has 0 radical (unpaired) electrons. The molecule has 30 heavy (non-hydrogen) atoms. The Labute approximate surface area is 180 Å². The molecule has 0 aliphatic heterocycles. The Balaban J connectivity index is 1.52. The molecule has 3 nitrogen and oxygen atoms in total. The zero-order valence-corrected chi connectivity index (χ0v) is 18.4. The maximum absolute atomic E-state index is 12.4. The fourth-order valence-electron chi connectivity index (χ4n) is 3.93. The predicted octanol–water partition coefficient (Wildman–Crippen LogP) is 8.35. The summed E-state index contributed by atoms with van der Waals surface area (Å²) in [4.78, 5) is 12.4. The molecule has 0 bridgehead atoms. The van der Waals surface area contributed by atoms with Crippen molar-refractivity contribution in [3.8, 4) is 5.75 Å². The number of carbonyl (C=O) groups excluding carboxylic acids is 1. The topological polar surface area (TPSA) is 35.5 Å². The standard InChI is InChI=1S/C27H34O3/c1-3-4-5-6-7-8-9-10-13-18-29-27(28)30-26-24-15-12-11-14-22(24)20-23-17-16-21(2)19-25(23)26/h11-12,14-17,19-20H,3-10,13,18H2,1-2H3. The molecule has 0 aromatic heterocycles. The molecule has 0 N–H and O–H groups in total. The first-order valence-electron chi connectivity index (χ1n) is 11.5. The molecular formula is C27H34O3. The van der Waals surface area contributed by atoms with Gasteiger partial charge in [0.25, 0.3) is 0 Å². The summed E-state index contributed by atoms with van der Waals surface area (Å²) in [5.41, 5.74) is 1.13. The Morgan fingerprint density at radius 3 is 2.20 bits per heavy atom. The molecule has 0 aliphatic rings. The lowest BCUT2D eigenvalue weighted by Crippen LogP contribution is -2.12. The molecular weight excluding hydrogens is 372 g/mol. The molecule has 0 saturated carbocycles. The van der Waals surface area contributed by atoms with Crippen LogP contribution in [0, 0.1) is 6.92 Å². The summed E-state index contributed by atoms with van der Waals surface area (Å²) in [6, 6.07) is 16.3. The molecule has 3 aromatic carbocycles. The van der Waals surface area contributed by atoms with Crippen LogP contribution in [0.4, 0.5) is 4.79 Å². The third kappa shape index (κ3) is 6.22. The highest BCUT2D eigenvalue weighted by Gasteiger charge is 2.14. The van der Waals surface area contributed by atoms with Gasteiger partial charge in [0.2, 0.25) is 0 Å². The molecule has 0 unspecified atom stereocenters. The summed E-state index contributed by atoms with van der Waals surface area (Å²) in [6.07, 6.45) is 10.5. The van der Waals surface area contributed by atoms with Gasteiger partial charge in [-0.05, 0) is 36.2 Å². The zero-order chi connectivity index (χ0) is 21.2. The number of unbranched alkanes of at least 4 members (excludes halogenated alkanes) is 8. The molecule has 3 rings (SSSR count). The Hall–Kier alpha value is -2.55. The number of fused-ring (bicyclic) bond motifs is 2. The van der Waals surface area contributed by atoms with Crippen molar-refractivity contribution < 1.29 is 14.3 Å². The summed E-state index contributed by atoms with van der Waals surface area (Å²) in [7, 11) is 0. The van der Waals surface area contributed by atoms with Crippen molar-refractivity contribution in [1.82, 2.24) is 0 Å². The lowest BCUT2D eigenvalue weighted by molar-refractivity contribution is 0.0982. The minimum Gasteiger partial charge on any atom is -0.434 e. The number of ether oxygens (including phenoxy) is 2. The molecule has 0 spiro atoms. The maximum atomic E-state index is 12.4. The smallest absolute Gasteiger partial charge is 0.434 e. The van der Waals surface area contributed by atoms with Crippen LogP contribution in [0.1, 0.15) is 70.3 Å². The van der Waals surface area contributed by atoms with Crippen LogP contribution in [-0.2, 0) is 4.74 Å².